The van der Waals surface area contributed by atoms with Gasteiger partial charge in [0.05, 0.1) is 36.6 Å². The molecule has 0 spiro atoms. The Labute approximate surface area is 118 Å². The van der Waals surface area contributed by atoms with Crippen LogP contribution in [0.15, 0.2) is 18.2 Å². The second kappa shape index (κ2) is 6.31. The highest BCUT2D eigenvalue weighted by Gasteiger charge is 2.28. The highest BCUT2D eigenvalue weighted by Crippen LogP contribution is 2.16. The first-order valence-electron chi connectivity index (χ1n) is 6.64. The van der Waals surface area contributed by atoms with Gasteiger partial charge in [-0.05, 0) is 37.6 Å². The molecule has 0 amide bonds. The molecular formula is C15H19FN2O2. The Kier molecular flexibility index (Phi) is 4.71. The Morgan fingerprint density at radius 1 is 1.50 bits per heavy atom. The molecule has 0 bridgehead atoms. The van der Waals surface area contributed by atoms with Crippen LogP contribution in [0, 0.1) is 17.1 Å². The predicted molar refractivity (Wildman–Crippen MR) is 72.6 cm³/mol. The van der Waals surface area contributed by atoms with Gasteiger partial charge in [-0.2, -0.15) is 5.26 Å². The number of benzene rings is 1. The Morgan fingerprint density at radius 3 is 3.00 bits per heavy atom. The molecule has 20 heavy (non-hydrogen) atoms. The number of rotatable bonds is 4. The molecular weight excluding hydrogens is 259 g/mol. The van der Waals surface area contributed by atoms with E-state index in [-0.39, 0.29) is 18.3 Å². The van der Waals surface area contributed by atoms with Gasteiger partial charge in [-0.3, -0.25) is 0 Å². The van der Waals surface area contributed by atoms with Crippen molar-refractivity contribution in [2.75, 3.05) is 19.7 Å². The maximum absolute atomic E-state index is 13.3. The van der Waals surface area contributed by atoms with Gasteiger partial charge in [0, 0.05) is 13.1 Å². The van der Waals surface area contributed by atoms with E-state index in [1.807, 2.05) is 19.9 Å². The van der Waals surface area contributed by atoms with Gasteiger partial charge in [0.15, 0.2) is 0 Å². The Bertz CT molecular complexity index is 511. The Balaban J connectivity index is 1.84. The molecule has 0 radical (unpaired) electrons. The Morgan fingerprint density at radius 2 is 2.30 bits per heavy atom. The molecule has 1 aromatic rings. The highest BCUT2D eigenvalue weighted by atomic mass is 19.1. The molecule has 1 atom stereocenters. The zero-order valence-electron chi connectivity index (χ0n) is 11.8. The maximum Gasteiger partial charge on any atom is 0.124 e. The van der Waals surface area contributed by atoms with Crippen LogP contribution >= 0.6 is 0 Å². The molecule has 0 saturated carbocycles. The van der Waals surface area contributed by atoms with E-state index in [2.05, 4.69) is 5.32 Å². The van der Waals surface area contributed by atoms with Crippen molar-refractivity contribution >= 4 is 0 Å². The van der Waals surface area contributed by atoms with E-state index >= 15 is 0 Å². The van der Waals surface area contributed by atoms with Crippen molar-refractivity contribution < 1.29 is 13.9 Å². The normalized spacial score (nSPS) is 21.4. The second-order valence-corrected chi connectivity index (χ2v) is 5.61. The van der Waals surface area contributed by atoms with Crippen molar-refractivity contribution in [3.05, 3.63) is 35.1 Å². The zero-order valence-corrected chi connectivity index (χ0v) is 11.8. The van der Waals surface area contributed by atoms with Gasteiger partial charge in [0.2, 0.25) is 0 Å². The molecule has 1 aliphatic rings. The van der Waals surface area contributed by atoms with E-state index in [4.69, 9.17) is 14.7 Å². The number of nitrogens with one attached hydrogen (secondary N) is 1. The largest absolute Gasteiger partial charge is 0.374 e. The van der Waals surface area contributed by atoms with E-state index in [1.165, 1.54) is 12.1 Å². The predicted octanol–water partition coefficient (Wildman–Crippen LogP) is 1.98. The number of halogens is 1. The highest BCUT2D eigenvalue weighted by molar-refractivity contribution is 5.33. The summed E-state index contributed by atoms with van der Waals surface area (Å²) in [7, 11) is 0. The van der Waals surface area contributed by atoms with Gasteiger partial charge in [-0.1, -0.05) is 0 Å². The van der Waals surface area contributed by atoms with E-state index in [9.17, 15) is 4.39 Å². The van der Waals surface area contributed by atoms with Crippen LogP contribution in [-0.2, 0) is 16.1 Å². The zero-order chi connectivity index (χ0) is 14.6. The molecule has 5 heteroatoms. The lowest BCUT2D eigenvalue weighted by Crippen LogP contribution is -2.51. The molecule has 1 saturated heterocycles. The average Bonchev–Trinajstić information content (AvgIpc) is 2.37. The van der Waals surface area contributed by atoms with Gasteiger partial charge in [0.1, 0.15) is 5.82 Å². The molecule has 1 aromatic carbocycles. The fraction of sp³-hybridized carbons (Fsp3) is 0.533. The second-order valence-electron chi connectivity index (χ2n) is 5.61. The van der Waals surface area contributed by atoms with E-state index in [0.717, 1.165) is 13.1 Å². The maximum atomic E-state index is 13.3. The van der Waals surface area contributed by atoms with Crippen LogP contribution in [0.3, 0.4) is 0 Å². The van der Waals surface area contributed by atoms with Crippen LogP contribution < -0.4 is 5.32 Å². The number of ether oxygens (including phenoxy) is 2. The first-order valence-corrected chi connectivity index (χ1v) is 6.64. The number of hydrogen-bond donors (Lipinski definition) is 1. The topological polar surface area (TPSA) is 54.3 Å². The van der Waals surface area contributed by atoms with E-state index in [0.29, 0.717) is 17.7 Å². The molecule has 0 aromatic heterocycles. The molecule has 1 unspecified atom stereocenters. The first-order chi connectivity index (χ1) is 9.48. The van der Waals surface area contributed by atoms with Gasteiger partial charge < -0.3 is 14.8 Å². The summed E-state index contributed by atoms with van der Waals surface area (Å²) < 4.78 is 24.7. The van der Waals surface area contributed by atoms with Crippen LogP contribution in [0.1, 0.15) is 25.0 Å². The fourth-order valence-electron chi connectivity index (χ4n) is 2.27. The minimum Gasteiger partial charge on any atom is -0.374 e. The number of hydrogen-bond acceptors (Lipinski definition) is 4. The lowest BCUT2D eigenvalue weighted by atomic mass is 10.1. The molecule has 2 rings (SSSR count). The van der Waals surface area contributed by atoms with Crippen LogP contribution in [0.2, 0.25) is 0 Å². The SMILES string of the molecule is CC1(C)CNCC(COCc2cc(F)cc(C#N)c2)O1. The third-order valence-electron chi connectivity index (χ3n) is 3.07. The van der Waals surface area contributed by atoms with Gasteiger partial charge in [0.25, 0.3) is 0 Å². The number of morpholine rings is 1. The van der Waals surface area contributed by atoms with Crippen LogP contribution in [0.4, 0.5) is 4.39 Å². The van der Waals surface area contributed by atoms with Crippen LogP contribution in [0.5, 0.6) is 0 Å². The lowest BCUT2D eigenvalue weighted by molar-refractivity contribution is -0.122. The first kappa shape index (κ1) is 14.9. The summed E-state index contributed by atoms with van der Waals surface area (Å²) in [6.45, 7) is 6.33. The summed E-state index contributed by atoms with van der Waals surface area (Å²) >= 11 is 0. The summed E-state index contributed by atoms with van der Waals surface area (Å²) in [6.07, 6.45) is -0.0113. The fourth-order valence-corrected chi connectivity index (χ4v) is 2.27. The smallest absolute Gasteiger partial charge is 0.124 e. The molecule has 1 heterocycles. The molecule has 1 fully saturated rings. The standard InChI is InChI=1S/C15H19FN2O2/c1-15(2)10-18-7-14(20-15)9-19-8-12-3-11(6-17)4-13(16)5-12/h3-5,14,18H,7-10H2,1-2H3. The molecule has 1 aliphatic heterocycles. The van der Waals surface area contributed by atoms with Gasteiger partial charge >= 0.3 is 0 Å². The monoisotopic (exact) mass is 278 g/mol. The third kappa shape index (κ3) is 4.27. The summed E-state index contributed by atoms with van der Waals surface area (Å²) in [5.74, 6) is -0.417. The summed E-state index contributed by atoms with van der Waals surface area (Å²) in [5, 5.41) is 12.1. The molecule has 0 aliphatic carbocycles. The quantitative estimate of drug-likeness (QED) is 0.915. The van der Waals surface area contributed by atoms with Crippen molar-refractivity contribution in [2.24, 2.45) is 0 Å². The minimum atomic E-state index is -0.417. The lowest BCUT2D eigenvalue weighted by Gasteiger charge is -2.36. The van der Waals surface area contributed by atoms with Crippen LogP contribution in [0.25, 0.3) is 0 Å². The van der Waals surface area contributed by atoms with Crippen molar-refractivity contribution in [3.63, 3.8) is 0 Å². The number of nitriles is 1. The minimum absolute atomic E-state index is 0.0113. The van der Waals surface area contributed by atoms with E-state index in [1.54, 1.807) is 6.07 Å². The molecule has 1 N–H and O–H groups in total. The van der Waals surface area contributed by atoms with Crippen molar-refractivity contribution in [1.29, 1.82) is 5.26 Å². The molecule has 4 nitrogen and oxygen atoms in total. The molecule has 108 valence electrons. The van der Waals surface area contributed by atoms with Crippen molar-refractivity contribution in [1.82, 2.24) is 5.32 Å². The Hall–Kier alpha value is -1.48. The van der Waals surface area contributed by atoms with Gasteiger partial charge in [-0.25, -0.2) is 4.39 Å². The van der Waals surface area contributed by atoms with Gasteiger partial charge in [-0.15, -0.1) is 0 Å². The van der Waals surface area contributed by atoms with E-state index < -0.39 is 5.82 Å². The summed E-state index contributed by atoms with van der Waals surface area (Å²) in [4.78, 5) is 0. The number of nitrogens with zero attached hydrogens (tertiary/aromatic N) is 1. The van der Waals surface area contributed by atoms with Crippen LogP contribution in [-0.4, -0.2) is 31.4 Å². The van der Waals surface area contributed by atoms with Crippen molar-refractivity contribution in [3.8, 4) is 6.07 Å². The summed E-state index contributed by atoms with van der Waals surface area (Å²) in [5.41, 5.74) is 0.768. The average molecular weight is 278 g/mol. The van der Waals surface area contributed by atoms with Crippen molar-refractivity contribution in [2.45, 2.75) is 32.2 Å². The third-order valence-corrected chi connectivity index (χ3v) is 3.07. The summed E-state index contributed by atoms with van der Waals surface area (Å²) in [6, 6.07) is 6.15.